The van der Waals surface area contributed by atoms with Crippen molar-refractivity contribution >= 4 is 5.69 Å². The molecule has 2 heteroatoms. The largest absolute Gasteiger partial charge is 0.497 e. The summed E-state index contributed by atoms with van der Waals surface area (Å²) in [5, 5.41) is 0. The van der Waals surface area contributed by atoms with E-state index in [1.807, 2.05) is 36.4 Å². The van der Waals surface area contributed by atoms with Crippen molar-refractivity contribution in [1.29, 1.82) is 0 Å². The van der Waals surface area contributed by atoms with Gasteiger partial charge in [-0.15, -0.1) is 0 Å². The molecule has 3 aromatic rings. The average Bonchev–Trinajstić information content (AvgIpc) is 2.57. The Kier molecular flexibility index (Phi) is 4.10. The van der Waals surface area contributed by atoms with E-state index in [0.717, 1.165) is 17.9 Å². The Balaban J connectivity index is 1.74. The minimum absolute atomic E-state index is 0.792. The van der Waals surface area contributed by atoms with Gasteiger partial charge in [-0.3, -0.25) is 0 Å². The number of rotatable bonds is 4. The van der Waals surface area contributed by atoms with E-state index < -0.39 is 0 Å². The number of hydrogen-bond acceptors (Lipinski definition) is 2. The molecular weight excluding hydrogens is 270 g/mol. The van der Waals surface area contributed by atoms with Crippen LogP contribution in [0.2, 0.25) is 0 Å². The Hall–Kier alpha value is -2.74. The summed E-state index contributed by atoms with van der Waals surface area (Å²) in [7, 11) is 1.69. The van der Waals surface area contributed by atoms with E-state index in [-0.39, 0.29) is 0 Å². The number of benzene rings is 3. The van der Waals surface area contributed by atoms with Crippen molar-refractivity contribution in [3.63, 3.8) is 0 Å². The molecule has 0 aliphatic rings. The lowest BCUT2D eigenvalue weighted by Crippen LogP contribution is -1.89. The van der Waals surface area contributed by atoms with Crippen molar-refractivity contribution in [2.75, 3.05) is 12.8 Å². The van der Waals surface area contributed by atoms with E-state index in [0.29, 0.717) is 0 Å². The molecule has 0 saturated carbocycles. The molecule has 0 saturated heterocycles. The summed E-state index contributed by atoms with van der Waals surface area (Å²) >= 11 is 0. The van der Waals surface area contributed by atoms with Crippen LogP contribution in [0.4, 0.5) is 5.69 Å². The molecule has 0 spiro atoms. The van der Waals surface area contributed by atoms with Crippen LogP contribution in [-0.4, -0.2) is 7.11 Å². The van der Waals surface area contributed by atoms with E-state index >= 15 is 0 Å². The van der Waals surface area contributed by atoms with E-state index in [2.05, 4.69) is 36.4 Å². The summed E-state index contributed by atoms with van der Waals surface area (Å²) < 4.78 is 5.18. The van der Waals surface area contributed by atoms with Gasteiger partial charge < -0.3 is 10.5 Å². The number of ether oxygens (including phenoxy) is 1. The van der Waals surface area contributed by atoms with Crippen molar-refractivity contribution < 1.29 is 4.74 Å². The standard InChI is InChI=1S/C20H19NO/c1-22-20-12-4-16(5-13-20)14-15-2-6-17(7-3-15)18-8-10-19(21)11-9-18/h2-13H,14,21H2,1H3. The highest BCUT2D eigenvalue weighted by Crippen LogP contribution is 2.22. The van der Waals surface area contributed by atoms with E-state index in [4.69, 9.17) is 10.5 Å². The molecular formula is C20H19NO. The molecule has 2 nitrogen and oxygen atoms in total. The van der Waals surface area contributed by atoms with Gasteiger partial charge in [-0.1, -0.05) is 48.5 Å². The minimum Gasteiger partial charge on any atom is -0.497 e. The van der Waals surface area contributed by atoms with Gasteiger partial charge in [-0.25, -0.2) is 0 Å². The van der Waals surface area contributed by atoms with Crippen LogP contribution in [0.5, 0.6) is 5.75 Å². The number of nitrogen functional groups attached to an aromatic ring is 1. The summed E-state index contributed by atoms with van der Waals surface area (Å²) in [5.41, 5.74) is 11.5. The lowest BCUT2D eigenvalue weighted by molar-refractivity contribution is 0.414. The van der Waals surface area contributed by atoms with Gasteiger partial charge in [0.1, 0.15) is 5.75 Å². The molecule has 0 unspecified atom stereocenters. The van der Waals surface area contributed by atoms with Crippen LogP contribution in [0, 0.1) is 0 Å². The maximum absolute atomic E-state index is 5.73. The lowest BCUT2D eigenvalue weighted by atomic mass is 10.0. The van der Waals surface area contributed by atoms with Crippen LogP contribution < -0.4 is 10.5 Å². The first-order valence-electron chi connectivity index (χ1n) is 7.32. The first-order chi connectivity index (χ1) is 10.7. The zero-order chi connectivity index (χ0) is 15.4. The highest BCUT2D eigenvalue weighted by Gasteiger charge is 2.00. The topological polar surface area (TPSA) is 35.2 Å². The monoisotopic (exact) mass is 289 g/mol. The zero-order valence-electron chi connectivity index (χ0n) is 12.6. The molecule has 22 heavy (non-hydrogen) atoms. The Morgan fingerprint density at radius 3 is 1.64 bits per heavy atom. The van der Waals surface area contributed by atoms with Gasteiger partial charge in [-0.2, -0.15) is 0 Å². The molecule has 0 aromatic heterocycles. The number of methoxy groups -OCH3 is 1. The van der Waals surface area contributed by atoms with E-state index in [9.17, 15) is 0 Å². The summed E-state index contributed by atoms with van der Waals surface area (Å²) in [6.45, 7) is 0. The quantitative estimate of drug-likeness (QED) is 0.716. The predicted molar refractivity (Wildman–Crippen MR) is 92.1 cm³/mol. The third-order valence-corrected chi connectivity index (χ3v) is 3.77. The third-order valence-electron chi connectivity index (χ3n) is 3.77. The molecule has 2 N–H and O–H groups in total. The fraction of sp³-hybridized carbons (Fsp3) is 0.100. The van der Waals surface area contributed by atoms with Gasteiger partial charge in [-0.05, 0) is 52.9 Å². The first-order valence-corrected chi connectivity index (χ1v) is 7.32. The van der Waals surface area contributed by atoms with Crippen LogP contribution in [-0.2, 0) is 6.42 Å². The number of hydrogen-bond donors (Lipinski definition) is 1. The lowest BCUT2D eigenvalue weighted by Gasteiger charge is -2.06. The van der Waals surface area contributed by atoms with Crippen LogP contribution in [0.3, 0.4) is 0 Å². The second kappa shape index (κ2) is 6.35. The molecule has 0 aliphatic carbocycles. The predicted octanol–water partition coefficient (Wildman–Crippen LogP) is 4.54. The molecule has 0 atom stereocenters. The van der Waals surface area contributed by atoms with Crippen LogP contribution >= 0.6 is 0 Å². The van der Waals surface area contributed by atoms with Crippen LogP contribution in [0.1, 0.15) is 11.1 Å². The van der Waals surface area contributed by atoms with E-state index in [1.165, 1.54) is 22.3 Å². The van der Waals surface area contributed by atoms with Crippen LogP contribution in [0.15, 0.2) is 72.8 Å². The minimum atomic E-state index is 0.792. The third kappa shape index (κ3) is 3.29. The number of nitrogens with two attached hydrogens (primary N) is 1. The van der Waals surface area contributed by atoms with Gasteiger partial charge in [0.2, 0.25) is 0 Å². The Morgan fingerprint density at radius 2 is 1.14 bits per heavy atom. The van der Waals surface area contributed by atoms with Gasteiger partial charge in [0.05, 0.1) is 7.11 Å². The number of anilines is 1. The van der Waals surface area contributed by atoms with Crippen molar-refractivity contribution in [1.82, 2.24) is 0 Å². The highest BCUT2D eigenvalue weighted by molar-refractivity contribution is 5.65. The normalized spacial score (nSPS) is 10.4. The van der Waals surface area contributed by atoms with Gasteiger partial charge in [0, 0.05) is 5.69 Å². The molecule has 0 aliphatic heterocycles. The molecule has 3 aromatic carbocycles. The second-order valence-electron chi connectivity index (χ2n) is 5.34. The summed E-state index contributed by atoms with van der Waals surface area (Å²) in [6, 6.07) is 24.8. The van der Waals surface area contributed by atoms with Crippen molar-refractivity contribution in [2.24, 2.45) is 0 Å². The van der Waals surface area contributed by atoms with Gasteiger partial charge >= 0.3 is 0 Å². The highest BCUT2D eigenvalue weighted by atomic mass is 16.5. The van der Waals surface area contributed by atoms with Crippen LogP contribution in [0.25, 0.3) is 11.1 Å². The summed E-state index contributed by atoms with van der Waals surface area (Å²) in [6.07, 6.45) is 0.923. The van der Waals surface area contributed by atoms with Gasteiger partial charge in [0.25, 0.3) is 0 Å². The molecule has 0 fully saturated rings. The molecule has 110 valence electrons. The molecule has 3 rings (SSSR count). The van der Waals surface area contributed by atoms with Crippen molar-refractivity contribution in [3.8, 4) is 16.9 Å². The Labute approximate surface area is 131 Å². The van der Waals surface area contributed by atoms with Crippen molar-refractivity contribution in [3.05, 3.63) is 83.9 Å². The molecule has 0 amide bonds. The van der Waals surface area contributed by atoms with E-state index in [1.54, 1.807) is 7.11 Å². The fourth-order valence-electron chi connectivity index (χ4n) is 2.47. The summed E-state index contributed by atoms with van der Waals surface area (Å²) in [5.74, 6) is 0.891. The second-order valence-corrected chi connectivity index (χ2v) is 5.34. The first kappa shape index (κ1) is 14.2. The smallest absolute Gasteiger partial charge is 0.118 e. The molecule has 0 radical (unpaired) electrons. The Morgan fingerprint density at radius 1 is 0.682 bits per heavy atom. The fourth-order valence-corrected chi connectivity index (χ4v) is 2.47. The van der Waals surface area contributed by atoms with Crippen molar-refractivity contribution in [2.45, 2.75) is 6.42 Å². The zero-order valence-corrected chi connectivity index (χ0v) is 12.6. The Bertz CT molecular complexity index is 728. The average molecular weight is 289 g/mol. The van der Waals surface area contributed by atoms with Gasteiger partial charge in [0.15, 0.2) is 0 Å². The molecule has 0 heterocycles. The molecule has 0 bridgehead atoms. The SMILES string of the molecule is COc1ccc(Cc2ccc(-c3ccc(N)cc3)cc2)cc1. The maximum Gasteiger partial charge on any atom is 0.118 e. The summed E-state index contributed by atoms with van der Waals surface area (Å²) in [4.78, 5) is 0. The maximum atomic E-state index is 5.73.